The molecule has 0 aliphatic carbocycles. The fraction of sp³-hybridized carbons (Fsp3) is 0.583. The van der Waals surface area contributed by atoms with Crippen LogP contribution in [0.4, 0.5) is 0 Å². The van der Waals surface area contributed by atoms with Crippen LogP contribution in [0.3, 0.4) is 0 Å². The first-order valence-corrected chi connectivity index (χ1v) is 6.08. The predicted octanol–water partition coefficient (Wildman–Crippen LogP) is -0.624. The molecule has 1 aliphatic heterocycles. The number of aliphatic hydroxyl groups excluding tert-OH is 2. The summed E-state index contributed by atoms with van der Waals surface area (Å²) in [7, 11) is 1.24. The molecule has 1 aromatic rings. The topological polar surface area (TPSA) is 118 Å². The van der Waals surface area contributed by atoms with Crippen LogP contribution in [0.5, 0.6) is 0 Å². The van der Waals surface area contributed by atoms with Crippen molar-refractivity contribution >= 4 is 5.97 Å². The van der Waals surface area contributed by atoms with Crippen LogP contribution in [-0.2, 0) is 15.9 Å². The number of carbonyl (C=O) groups is 1. The third kappa shape index (κ3) is 2.51. The summed E-state index contributed by atoms with van der Waals surface area (Å²) < 4.78 is 11.5. The minimum atomic E-state index is -0.814. The quantitative estimate of drug-likeness (QED) is 0.706. The van der Waals surface area contributed by atoms with Gasteiger partial charge in [0.25, 0.3) is 0 Å². The Labute approximate surface area is 115 Å². The summed E-state index contributed by atoms with van der Waals surface area (Å²) in [5, 5.41) is 31.7. The van der Waals surface area contributed by atoms with E-state index in [1.165, 1.54) is 18.0 Å². The van der Waals surface area contributed by atoms with Gasteiger partial charge < -0.3 is 19.7 Å². The molecule has 0 aromatic carbocycles. The van der Waals surface area contributed by atoms with E-state index >= 15 is 0 Å². The van der Waals surface area contributed by atoms with Crippen molar-refractivity contribution in [3.05, 3.63) is 17.5 Å². The van der Waals surface area contributed by atoms with Gasteiger partial charge in [-0.25, -0.2) is 9.48 Å². The number of nitriles is 1. The zero-order chi connectivity index (χ0) is 14.7. The second-order valence-corrected chi connectivity index (χ2v) is 4.39. The average molecular weight is 281 g/mol. The smallest absolute Gasteiger partial charge is 0.341 e. The van der Waals surface area contributed by atoms with E-state index in [1.54, 1.807) is 0 Å². The lowest BCUT2D eigenvalue weighted by Gasteiger charge is -2.14. The lowest BCUT2D eigenvalue weighted by atomic mass is 10.1. The number of rotatable bonds is 4. The van der Waals surface area contributed by atoms with Gasteiger partial charge in [0, 0.05) is 6.42 Å². The summed E-state index contributed by atoms with van der Waals surface area (Å²) >= 11 is 0. The fourth-order valence-corrected chi connectivity index (χ4v) is 2.20. The SMILES string of the molecule is COC(=O)c1cnn([C@H]2C[C@H](O)[C@@H](CO)O2)c1CC#N. The third-order valence-corrected chi connectivity index (χ3v) is 3.21. The van der Waals surface area contributed by atoms with E-state index in [0.717, 1.165) is 0 Å². The van der Waals surface area contributed by atoms with Crippen LogP contribution in [0, 0.1) is 11.3 Å². The highest BCUT2D eigenvalue weighted by Gasteiger charge is 2.36. The zero-order valence-electron chi connectivity index (χ0n) is 10.9. The van der Waals surface area contributed by atoms with Crippen LogP contribution in [0.2, 0.25) is 0 Å². The van der Waals surface area contributed by atoms with Gasteiger partial charge in [0.2, 0.25) is 0 Å². The van der Waals surface area contributed by atoms with Gasteiger partial charge in [0.05, 0.1) is 44.2 Å². The van der Waals surface area contributed by atoms with Gasteiger partial charge in [-0.3, -0.25) is 0 Å². The third-order valence-electron chi connectivity index (χ3n) is 3.21. The van der Waals surface area contributed by atoms with Crippen molar-refractivity contribution in [2.75, 3.05) is 13.7 Å². The molecule has 1 saturated heterocycles. The molecule has 0 spiro atoms. The Balaban J connectivity index is 2.31. The number of hydrogen-bond acceptors (Lipinski definition) is 7. The van der Waals surface area contributed by atoms with Gasteiger partial charge in [-0.1, -0.05) is 0 Å². The zero-order valence-corrected chi connectivity index (χ0v) is 10.9. The van der Waals surface area contributed by atoms with Gasteiger partial charge in [-0.15, -0.1) is 0 Å². The molecule has 0 radical (unpaired) electrons. The maximum absolute atomic E-state index is 11.6. The van der Waals surface area contributed by atoms with Crippen molar-refractivity contribution in [2.24, 2.45) is 0 Å². The Hall–Kier alpha value is -1.95. The molecular weight excluding hydrogens is 266 g/mol. The van der Waals surface area contributed by atoms with Gasteiger partial charge >= 0.3 is 5.97 Å². The monoisotopic (exact) mass is 281 g/mol. The van der Waals surface area contributed by atoms with Crippen molar-refractivity contribution < 1.29 is 24.5 Å². The largest absolute Gasteiger partial charge is 0.465 e. The average Bonchev–Trinajstić information content (AvgIpc) is 3.02. The highest BCUT2D eigenvalue weighted by molar-refractivity contribution is 5.90. The van der Waals surface area contributed by atoms with Gasteiger partial charge in [0.15, 0.2) is 6.23 Å². The molecule has 0 bridgehead atoms. The number of aliphatic hydroxyl groups is 2. The van der Waals surface area contributed by atoms with E-state index < -0.39 is 24.4 Å². The Morgan fingerprint density at radius 1 is 1.75 bits per heavy atom. The second-order valence-electron chi connectivity index (χ2n) is 4.39. The van der Waals surface area contributed by atoms with Crippen molar-refractivity contribution in [1.82, 2.24) is 9.78 Å². The molecule has 8 heteroatoms. The summed E-state index contributed by atoms with van der Waals surface area (Å²) in [5.74, 6) is -0.584. The van der Waals surface area contributed by atoms with E-state index in [-0.39, 0.29) is 25.0 Å². The van der Waals surface area contributed by atoms with Crippen molar-refractivity contribution in [1.29, 1.82) is 5.26 Å². The molecule has 108 valence electrons. The molecule has 3 atom stereocenters. The van der Waals surface area contributed by atoms with Crippen LogP contribution in [0.1, 0.15) is 28.7 Å². The minimum Gasteiger partial charge on any atom is -0.465 e. The number of carbonyl (C=O) groups excluding carboxylic acids is 1. The lowest BCUT2D eigenvalue weighted by molar-refractivity contribution is -0.0492. The Bertz CT molecular complexity index is 536. The second kappa shape index (κ2) is 6.00. The number of esters is 1. The summed E-state index contributed by atoms with van der Waals surface area (Å²) in [4.78, 5) is 11.6. The lowest BCUT2D eigenvalue weighted by Crippen LogP contribution is -2.24. The number of aromatic nitrogens is 2. The molecule has 0 saturated carbocycles. The molecule has 2 heterocycles. The van der Waals surface area contributed by atoms with Crippen molar-refractivity contribution in [2.45, 2.75) is 31.3 Å². The molecule has 1 fully saturated rings. The van der Waals surface area contributed by atoms with Gasteiger partial charge in [-0.05, 0) is 0 Å². The van der Waals surface area contributed by atoms with Crippen LogP contribution in [0.25, 0.3) is 0 Å². The van der Waals surface area contributed by atoms with Crippen molar-refractivity contribution in [3.63, 3.8) is 0 Å². The van der Waals surface area contributed by atoms with Crippen LogP contribution in [0.15, 0.2) is 6.20 Å². The molecular formula is C12H15N3O5. The standard InChI is InChI=1S/C12H15N3O5/c1-19-12(18)7-5-14-15(8(7)2-3-13)11-4-9(17)10(6-16)20-11/h5,9-11,16-17H,2,4,6H2,1H3/t9-,10+,11+/m0/s1. The first-order valence-electron chi connectivity index (χ1n) is 6.08. The molecule has 0 unspecified atom stereocenters. The van der Waals surface area contributed by atoms with Crippen LogP contribution >= 0.6 is 0 Å². The summed E-state index contributed by atoms with van der Waals surface area (Å²) in [5.41, 5.74) is 0.565. The fourth-order valence-electron chi connectivity index (χ4n) is 2.20. The molecule has 0 amide bonds. The van der Waals surface area contributed by atoms with E-state index in [2.05, 4.69) is 9.84 Å². The van der Waals surface area contributed by atoms with Gasteiger partial charge in [-0.2, -0.15) is 10.4 Å². The molecule has 1 aliphatic rings. The highest BCUT2D eigenvalue weighted by atomic mass is 16.5. The Morgan fingerprint density at radius 3 is 3.05 bits per heavy atom. The van der Waals surface area contributed by atoms with Crippen molar-refractivity contribution in [3.8, 4) is 6.07 Å². The number of methoxy groups -OCH3 is 1. The normalized spacial score (nSPS) is 25.4. The molecule has 1 aromatic heterocycles. The maximum atomic E-state index is 11.6. The van der Waals surface area contributed by atoms with E-state index in [1.807, 2.05) is 6.07 Å². The Morgan fingerprint density at radius 2 is 2.50 bits per heavy atom. The predicted molar refractivity (Wildman–Crippen MR) is 64.5 cm³/mol. The van der Waals surface area contributed by atoms with Crippen LogP contribution < -0.4 is 0 Å². The molecule has 20 heavy (non-hydrogen) atoms. The number of nitrogens with zero attached hydrogens (tertiary/aromatic N) is 3. The minimum absolute atomic E-state index is 0.0375. The summed E-state index contributed by atoms with van der Waals surface area (Å²) in [6, 6.07) is 1.95. The van der Waals surface area contributed by atoms with E-state index in [0.29, 0.717) is 5.69 Å². The Kier molecular flexibility index (Phi) is 4.34. The number of hydrogen-bond donors (Lipinski definition) is 2. The first kappa shape index (κ1) is 14.5. The summed E-state index contributed by atoms with van der Waals surface area (Å²) in [6.07, 6.45) is -0.633. The van der Waals surface area contributed by atoms with E-state index in [9.17, 15) is 9.90 Å². The van der Waals surface area contributed by atoms with E-state index in [4.69, 9.17) is 15.1 Å². The molecule has 2 N–H and O–H groups in total. The van der Waals surface area contributed by atoms with Gasteiger partial charge in [0.1, 0.15) is 11.7 Å². The van der Waals surface area contributed by atoms with Crippen LogP contribution in [-0.4, -0.2) is 51.9 Å². The molecule has 2 rings (SSSR count). The maximum Gasteiger partial charge on any atom is 0.341 e. The molecule has 8 nitrogen and oxygen atoms in total. The number of ether oxygens (including phenoxy) is 2. The first-order chi connectivity index (χ1) is 9.62. The highest BCUT2D eigenvalue weighted by Crippen LogP contribution is 2.30. The summed E-state index contributed by atoms with van der Waals surface area (Å²) in [6.45, 7) is -0.309.